The van der Waals surface area contributed by atoms with Crippen molar-refractivity contribution in [1.82, 2.24) is 10.1 Å². The van der Waals surface area contributed by atoms with E-state index in [1.807, 2.05) is 0 Å². The molecule has 2 atom stereocenters. The maximum atomic E-state index is 5.52. The Bertz CT molecular complexity index is 575. The first-order valence-electron chi connectivity index (χ1n) is 8.14. The molecule has 1 saturated carbocycles. The third-order valence-corrected chi connectivity index (χ3v) is 5.93. The van der Waals surface area contributed by atoms with Crippen molar-refractivity contribution < 1.29 is 4.52 Å². The Morgan fingerprint density at radius 1 is 1.24 bits per heavy atom. The second-order valence-corrected chi connectivity index (χ2v) is 7.33. The van der Waals surface area contributed by atoms with Crippen LogP contribution in [0.3, 0.4) is 0 Å². The van der Waals surface area contributed by atoms with Gasteiger partial charge in [0.1, 0.15) is 0 Å². The monoisotopic (exact) mass is 302 g/mol. The zero-order valence-electron chi connectivity index (χ0n) is 12.3. The number of hydrogen-bond acceptors (Lipinski definition) is 4. The smallest absolute Gasteiger partial charge is 0.177 e. The standard InChI is InChI=1S/C17H22N2OS/c1-2-7-15-13(5-1)6-3-9-19(15)12-14-11-16(20-18-14)17-8-4-10-21-17/h4,8,10-11,13,15H,1-3,5-7,9,12H2. The van der Waals surface area contributed by atoms with Crippen molar-refractivity contribution >= 4 is 11.3 Å². The SMILES string of the molecule is c1csc(-c2cc(CN3CCCC4CCCCC43)no2)c1. The van der Waals surface area contributed by atoms with Crippen LogP contribution in [0.25, 0.3) is 10.6 Å². The minimum atomic E-state index is 0.786. The van der Waals surface area contributed by atoms with E-state index in [-0.39, 0.29) is 0 Å². The predicted octanol–water partition coefficient (Wildman–Crippen LogP) is 4.56. The number of fused-ring (bicyclic) bond motifs is 1. The predicted molar refractivity (Wildman–Crippen MR) is 85.2 cm³/mol. The fourth-order valence-corrected chi connectivity index (χ4v) is 4.73. The molecular formula is C17H22N2OS. The Morgan fingerprint density at radius 2 is 2.14 bits per heavy atom. The van der Waals surface area contributed by atoms with Crippen molar-refractivity contribution in [3.05, 3.63) is 29.3 Å². The first-order chi connectivity index (χ1) is 10.4. The minimum absolute atomic E-state index is 0.786. The summed E-state index contributed by atoms with van der Waals surface area (Å²) in [5, 5.41) is 6.37. The summed E-state index contributed by atoms with van der Waals surface area (Å²) in [5.74, 6) is 1.84. The van der Waals surface area contributed by atoms with E-state index in [2.05, 4.69) is 33.6 Å². The quantitative estimate of drug-likeness (QED) is 0.832. The molecule has 2 fully saturated rings. The Hall–Kier alpha value is -1.13. The lowest BCUT2D eigenvalue weighted by atomic mass is 9.78. The minimum Gasteiger partial charge on any atom is -0.355 e. The first kappa shape index (κ1) is 13.5. The lowest BCUT2D eigenvalue weighted by Crippen LogP contribution is -2.46. The van der Waals surface area contributed by atoms with Gasteiger partial charge in [0.25, 0.3) is 0 Å². The molecule has 3 heterocycles. The third kappa shape index (κ3) is 2.79. The van der Waals surface area contributed by atoms with Gasteiger partial charge < -0.3 is 4.52 Å². The molecule has 0 spiro atoms. The number of likely N-dealkylation sites (tertiary alicyclic amines) is 1. The second-order valence-electron chi connectivity index (χ2n) is 6.38. The summed E-state index contributed by atoms with van der Waals surface area (Å²) in [5.41, 5.74) is 1.09. The van der Waals surface area contributed by atoms with Crippen LogP contribution in [0.15, 0.2) is 28.1 Å². The van der Waals surface area contributed by atoms with Crippen LogP contribution in [0.2, 0.25) is 0 Å². The molecule has 2 unspecified atom stereocenters. The number of nitrogens with zero attached hydrogens (tertiary/aromatic N) is 2. The Balaban J connectivity index is 1.47. The van der Waals surface area contributed by atoms with Crippen LogP contribution in [0, 0.1) is 5.92 Å². The third-order valence-electron chi connectivity index (χ3n) is 5.05. The molecule has 1 saturated heterocycles. The highest BCUT2D eigenvalue weighted by Crippen LogP contribution is 2.36. The summed E-state index contributed by atoms with van der Waals surface area (Å²) in [6, 6.07) is 7.06. The fourth-order valence-electron chi connectivity index (χ4n) is 4.05. The molecule has 0 amide bonds. The first-order valence-corrected chi connectivity index (χ1v) is 9.01. The number of thiophene rings is 1. The van der Waals surface area contributed by atoms with Gasteiger partial charge in [-0.25, -0.2) is 0 Å². The van der Waals surface area contributed by atoms with E-state index >= 15 is 0 Å². The Labute approximate surface area is 129 Å². The van der Waals surface area contributed by atoms with Crippen LogP contribution < -0.4 is 0 Å². The molecular weight excluding hydrogens is 280 g/mol. The Morgan fingerprint density at radius 3 is 3.05 bits per heavy atom. The summed E-state index contributed by atoms with van der Waals surface area (Å²) >= 11 is 1.71. The molecule has 2 aromatic rings. The van der Waals surface area contributed by atoms with Gasteiger partial charge in [0.15, 0.2) is 5.76 Å². The van der Waals surface area contributed by atoms with E-state index in [9.17, 15) is 0 Å². The number of piperidine rings is 1. The maximum absolute atomic E-state index is 5.52. The summed E-state index contributed by atoms with van der Waals surface area (Å²) in [4.78, 5) is 3.83. The molecule has 112 valence electrons. The van der Waals surface area contributed by atoms with Crippen molar-refractivity contribution in [2.75, 3.05) is 6.54 Å². The summed E-state index contributed by atoms with van der Waals surface area (Å²) in [7, 11) is 0. The molecule has 4 rings (SSSR count). The zero-order chi connectivity index (χ0) is 14.1. The summed E-state index contributed by atoms with van der Waals surface area (Å²) < 4.78 is 5.52. The molecule has 0 radical (unpaired) electrons. The molecule has 0 aromatic carbocycles. The van der Waals surface area contributed by atoms with Gasteiger partial charge in [-0.15, -0.1) is 11.3 Å². The van der Waals surface area contributed by atoms with Crippen LogP contribution >= 0.6 is 11.3 Å². The van der Waals surface area contributed by atoms with Crippen LogP contribution in [0.5, 0.6) is 0 Å². The number of hydrogen-bond donors (Lipinski definition) is 0. The molecule has 1 aliphatic carbocycles. The topological polar surface area (TPSA) is 29.3 Å². The average molecular weight is 302 g/mol. The van der Waals surface area contributed by atoms with E-state index < -0.39 is 0 Å². The molecule has 0 N–H and O–H groups in total. The average Bonchev–Trinajstić information content (AvgIpc) is 3.18. The lowest BCUT2D eigenvalue weighted by molar-refractivity contribution is 0.0530. The van der Waals surface area contributed by atoms with E-state index in [0.29, 0.717) is 0 Å². The molecule has 3 nitrogen and oxygen atoms in total. The fraction of sp³-hybridized carbons (Fsp3) is 0.588. The number of aromatic nitrogens is 1. The van der Waals surface area contributed by atoms with Gasteiger partial charge in [-0.2, -0.15) is 0 Å². The van der Waals surface area contributed by atoms with Gasteiger partial charge in [-0.1, -0.05) is 24.1 Å². The van der Waals surface area contributed by atoms with E-state index in [1.165, 1.54) is 49.9 Å². The molecule has 1 aliphatic heterocycles. The van der Waals surface area contributed by atoms with E-state index in [4.69, 9.17) is 4.52 Å². The van der Waals surface area contributed by atoms with E-state index in [1.54, 1.807) is 11.3 Å². The van der Waals surface area contributed by atoms with Crippen LogP contribution in [0.1, 0.15) is 44.2 Å². The highest BCUT2D eigenvalue weighted by molar-refractivity contribution is 7.13. The largest absolute Gasteiger partial charge is 0.355 e. The molecule has 21 heavy (non-hydrogen) atoms. The highest BCUT2D eigenvalue weighted by Gasteiger charge is 2.33. The van der Waals surface area contributed by atoms with Crippen molar-refractivity contribution in [1.29, 1.82) is 0 Å². The number of rotatable bonds is 3. The van der Waals surface area contributed by atoms with Gasteiger partial charge in [-0.05, 0) is 49.6 Å². The summed E-state index contributed by atoms with van der Waals surface area (Å²) in [6.07, 6.45) is 8.41. The lowest BCUT2D eigenvalue weighted by Gasteiger charge is -2.43. The van der Waals surface area contributed by atoms with Gasteiger partial charge in [0.2, 0.25) is 0 Å². The highest BCUT2D eigenvalue weighted by atomic mass is 32.1. The zero-order valence-corrected chi connectivity index (χ0v) is 13.1. The normalized spacial score (nSPS) is 26.7. The van der Waals surface area contributed by atoms with Crippen molar-refractivity contribution in [2.45, 2.75) is 51.1 Å². The molecule has 2 aromatic heterocycles. The summed E-state index contributed by atoms with van der Waals surface area (Å²) in [6.45, 7) is 2.18. The van der Waals surface area contributed by atoms with E-state index in [0.717, 1.165) is 30.0 Å². The Kier molecular flexibility index (Phi) is 3.82. The van der Waals surface area contributed by atoms with Crippen LogP contribution in [0.4, 0.5) is 0 Å². The molecule has 4 heteroatoms. The van der Waals surface area contributed by atoms with Gasteiger partial charge >= 0.3 is 0 Å². The van der Waals surface area contributed by atoms with Crippen molar-refractivity contribution in [3.63, 3.8) is 0 Å². The van der Waals surface area contributed by atoms with Gasteiger partial charge in [0.05, 0.1) is 10.6 Å². The van der Waals surface area contributed by atoms with Crippen molar-refractivity contribution in [3.8, 4) is 10.6 Å². The molecule has 2 aliphatic rings. The van der Waals surface area contributed by atoms with Gasteiger partial charge in [0, 0.05) is 18.7 Å². The van der Waals surface area contributed by atoms with Gasteiger partial charge in [-0.3, -0.25) is 4.90 Å². The van der Waals surface area contributed by atoms with Crippen LogP contribution in [-0.4, -0.2) is 22.6 Å². The van der Waals surface area contributed by atoms with Crippen molar-refractivity contribution in [2.24, 2.45) is 5.92 Å². The maximum Gasteiger partial charge on any atom is 0.177 e. The molecule has 0 bridgehead atoms. The second kappa shape index (κ2) is 5.93. The van der Waals surface area contributed by atoms with Crippen LogP contribution in [-0.2, 0) is 6.54 Å².